The van der Waals surface area contributed by atoms with Gasteiger partial charge in [-0.15, -0.1) is 0 Å². The van der Waals surface area contributed by atoms with Crippen LogP contribution in [0, 0.1) is 0 Å². The first kappa shape index (κ1) is 108. The molecule has 26 heteroatoms. The number of hydrogen-bond donors (Lipinski definition) is 4. The van der Waals surface area contributed by atoms with Gasteiger partial charge in [0.15, 0.2) is 16.6 Å². The monoisotopic (exact) mass is 1480 g/mol. The maximum Gasteiger partial charge on any atom is 0.305 e. The predicted molar refractivity (Wildman–Crippen MR) is 410 cm³/mol. The van der Waals surface area contributed by atoms with Crippen molar-refractivity contribution in [2.45, 2.75) is 232 Å². The van der Waals surface area contributed by atoms with Gasteiger partial charge < -0.3 is 89.6 Å². The van der Waals surface area contributed by atoms with Crippen LogP contribution >= 0.6 is 0 Å². The molecular weight excluding hydrogens is 1320 g/mol. The highest BCUT2D eigenvalue weighted by atomic mass is 28.4. The van der Waals surface area contributed by atoms with Gasteiger partial charge in [0.25, 0.3) is 0 Å². The lowest BCUT2D eigenvalue weighted by Crippen LogP contribution is -2.47. The number of quaternary nitrogens is 5. The number of carbonyl (C=O) groups excluding carboxylic acids is 5. The summed E-state index contributed by atoms with van der Waals surface area (Å²) in [4.78, 5) is 49.2. The SMILES string of the molecule is CCCCCCCCCCCC(=O)OC.COC(C)=O.COC(C)=O.COC(C)=O.COC(C)=O.C[N+](C)(C)CCCCCC[N+](C)(C)CC(O)COCCOCC(O)CC[N+](C)(C)CCCCCC[N+](C)(C)CC(O)COCCC[Si](C)(C)O[Si](C)(C)CCCOCC(O)C[N+](C)(C)C. The number of likely N-dealkylation sites (N-methyl/N-ethyl adjacent to an activating group) is 3. The maximum absolute atomic E-state index is 10.8. The van der Waals surface area contributed by atoms with Crippen LogP contribution in [-0.4, -0.2) is 339 Å². The Morgan fingerprint density at radius 1 is 0.340 bits per heavy atom. The Kier molecular flexibility index (Phi) is 71.1. The first-order valence-electron chi connectivity index (χ1n) is 37.3. The molecule has 0 bridgehead atoms. The third kappa shape index (κ3) is 95.2. The van der Waals surface area contributed by atoms with Gasteiger partial charge in [-0.2, -0.15) is 0 Å². The van der Waals surface area contributed by atoms with Crippen molar-refractivity contribution in [3.63, 3.8) is 0 Å². The van der Waals surface area contributed by atoms with Gasteiger partial charge in [0.2, 0.25) is 0 Å². The minimum Gasteiger partial charge on any atom is -0.469 e. The van der Waals surface area contributed by atoms with E-state index in [1.165, 1.54) is 160 Å². The number of unbranched alkanes of at least 4 members (excludes halogenated alkanes) is 14. The zero-order valence-corrected chi connectivity index (χ0v) is 71.5. The molecule has 0 spiro atoms. The van der Waals surface area contributed by atoms with E-state index < -0.39 is 41.1 Å². The van der Waals surface area contributed by atoms with Crippen LogP contribution in [0.5, 0.6) is 0 Å². The molecule has 0 fully saturated rings. The largest absolute Gasteiger partial charge is 0.469 e. The number of aliphatic hydroxyl groups excluding tert-OH is 4. The molecule has 0 heterocycles. The summed E-state index contributed by atoms with van der Waals surface area (Å²) in [5, 5.41) is 42.1. The standard InChI is InChI=1S/C49H114N5O9Si2.C13H26O2.4C3H6O2/c1-50(2,3)28-21-17-18-23-30-54(11,12)41-49(58)45-62-36-35-61-42-46(55)27-32-52(7,8)29-22-19-20-24-31-53(9,10)40-48(57)44-60-34-26-38-65(15,16)63-64(13,14)37-25-33-59-43-47(56)39-51(4,5)6;1-3-4-5-6-7-8-9-10-11-12-13(14)15-2;4*1-3(4)5-2/h46-49,55-58H,17-45H2,1-16H3;3-12H2,1-2H3;4*1-2H3/q+5;;;;;. The molecule has 0 radical (unpaired) electrons. The van der Waals surface area contributed by atoms with Crippen LogP contribution < -0.4 is 0 Å². The summed E-state index contributed by atoms with van der Waals surface area (Å²) in [5.41, 5.74) is 0. The molecule has 4 atom stereocenters. The zero-order chi connectivity index (χ0) is 78.3. The molecule has 0 aromatic rings. The lowest BCUT2D eigenvalue weighted by Gasteiger charge is -2.34. The van der Waals surface area contributed by atoms with Crippen molar-refractivity contribution in [2.24, 2.45) is 0 Å². The van der Waals surface area contributed by atoms with Gasteiger partial charge in [0.05, 0.1) is 199 Å². The van der Waals surface area contributed by atoms with E-state index in [4.69, 9.17) is 23.1 Å². The van der Waals surface area contributed by atoms with Crippen molar-refractivity contribution >= 4 is 46.5 Å². The summed E-state index contributed by atoms with van der Waals surface area (Å²) >= 11 is 0. The van der Waals surface area contributed by atoms with Gasteiger partial charge in [-0.1, -0.05) is 58.3 Å². The van der Waals surface area contributed by atoms with E-state index in [1.807, 2.05) is 0 Å². The molecule has 4 unspecified atom stereocenters. The van der Waals surface area contributed by atoms with Gasteiger partial charge in [0, 0.05) is 53.8 Å². The van der Waals surface area contributed by atoms with Crippen LogP contribution in [0.4, 0.5) is 0 Å². The summed E-state index contributed by atoms with van der Waals surface area (Å²) in [6, 6.07) is 2.10. The lowest BCUT2D eigenvalue weighted by molar-refractivity contribution is -0.893. The van der Waals surface area contributed by atoms with E-state index in [1.54, 1.807) is 0 Å². The molecule has 0 aromatic carbocycles. The molecule has 0 saturated heterocycles. The number of esters is 5. The Morgan fingerprint density at radius 2 is 0.630 bits per heavy atom. The molecule has 0 aliphatic rings. The number of nitrogens with zero attached hydrogens (tertiary/aromatic N) is 5. The first-order chi connectivity index (χ1) is 46.2. The second-order valence-electron chi connectivity index (χ2n) is 31.9. The zero-order valence-electron chi connectivity index (χ0n) is 69.5. The number of methoxy groups -OCH3 is 5. The van der Waals surface area contributed by atoms with E-state index in [9.17, 15) is 44.4 Å². The maximum atomic E-state index is 10.8. The number of rotatable bonds is 54. The molecular formula is C74H164N5O19Si2+5. The summed E-state index contributed by atoms with van der Waals surface area (Å²) in [7, 11) is 29.4. The third-order valence-corrected chi connectivity index (χ3v) is 23.6. The Hall–Kier alpha value is -2.78. The van der Waals surface area contributed by atoms with Crippen LogP contribution in [-0.2, 0) is 70.7 Å². The number of ether oxygens (including phenoxy) is 9. The van der Waals surface area contributed by atoms with E-state index in [-0.39, 0.29) is 29.8 Å². The topological polar surface area (TPSA) is 259 Å². The summed E-state index contributed by atoms with van der Waals surface area (Å²) < 4.78 is 55.1. The number of hydrogen-bond acceptors (Lipinski definition) is 19. The van der Waals surface area contributed by atoms with E-state index in [0.29, 0.717) is 85.3 Å². The molecule has 602 valence electrons. The fourth-order valence-electron chi connectivity index (χ4n) is 10.4. The van der Waals surface area contributed by atoms with Gasteiger partial charge in [-0.05, 0) is 109 Å². The average molecular weight is 1480 g/mol. The highest BCUT2D eigenvalue weighted by Gasteiger charge is 2.33. The molecule has 100 heavy (non-hydrogen) atoms. The normalized spacial score (nSPS) is 13.1. The van der Waals surface area contributed by atoms with Crippen molar-refractivity contribution in [3.05, 3.63) is 0 Å². The number of aliphatic hydroxyl groups is 4. The first-order valence-corrected chi connectivity index (χ1v) is 43.5. The van der Waals surface area contributed by atoms with Crippen molar-refractivity contribution < 1.29 is 114 Å². The third-order valence-electron chi connectivity index (χ3n) is 16.0. The second kappa shape index (κ2) is 65.7. The molecule has 0 aliphatic heterocycles. The molecule has 0 aromatic heterocycles. The minimum absolute atomic E-state index is 0.0713. The van der Waals surface area contributed by atoms with E-state index >= 15 is 0 Å². The Morgan fingerprint density at radius 3 is 0.950 bits per heavy atom. The molecule has 4 N–H and O–H groups in total. The van der Waals surface area contributed by atoms with Crippen LogP contribution in [0.3, 0.4) is 0 Å². The van der Waals surface area contributed by atoms with Crippen LogP contribution in [0.25, 0.3) is 0 Å². The fraction of sp³-hybridized carbons (Fsp3) is 0.932. The Labute approximate surface area is 614 Å². The second-order valence-corrected chi connectivity index (χ2v) is 40.7. The van der Waals surface area contributed by atoms with Crippen LogP contribution in [0.2, 0.25) is 38.3 Å². The molecule has 0 amide bonds. The summed E-state index contributed by atoms with van der Waals surface area (Å²) in [6.45, 7) is 27.8. The van der Waals surface area contributed by atoms with Crippen LogP contribution in [0.15, 0.2) is 0 Å². The Bertz CT molecular complexity index is 1870. The molecule has 0 aliphatic carbocycles. The number of carbonyl (C=O) groups is 5. The van der Waals surface area contributed by atoms with Crippen molar-refractivity contribution in [3.8, 4) is 0 Å². The minimum atomic E-state index is -1.83. The van der Waals surface area contributed by atoms with Crippen molar-refractivity contribution in [1.82, 2.24) is 0 Å². The highest BCUT2D eigenvalue weighted by molar-refractivity contribution is 6.84. The summed E-state index contributed by atoms with van der Waals surface area (Å²) in [6.07, 6.45) is 22.5. The van der Waals surface area contributed by atoms with E-state index in [2.05, 4.69) is 141 Å². The van der Waals surface area contributed by atoms with Crippen LogP contribution in [0.1, 0.15) is 169 Å². The van der Waals surface area contributed by atoms with E-state index in [0.717, 1.165) is 92.8 Å². The molecule has 0 saturated carbocycles. The molecule has 24 nitrogen and oxygen atoms in total. The van der Waals surface area contributed by atoms with Gasteiger partial charge in [-0.25, -0.2) is 0 Å². The predicted octanol–water partition coefficient (Wildman–Crippen LogP) is 9.65. The smallest absolute Gasteiger partial charge is 0.305 e. The lowest BCUT2D eigenvalue weighted by atomic mass is 10.1. The van der Waals surface area contributed by atoms with Crippen molar-refractivity contribution in [1.29, 1.82) is 0 Å². The Balaban J connectivity index is -0.000000508. The van der Waals surface area contributed by atoms with Gasteiger partial charge in [-0.3, -0.25) is 24.0 Å². The highest BCUT2D eigenvalue weighted by Crippen LogP contribution is 2.24. The fourth-order valence-corrected chi connectivity index (χ4v) is 19.2. The molecule has 0 rings (SSSR count). The van der Waals surface area contributed by atoms with Gasteiger partial charge >= 0.3 is 29.8 Å². The van der Waals surface area contributed by atoms with Gasteiger partial charge in [0.1, 0.15) is 37.9 Å². The average Bonchev–Trinajstić information content (AvgIpc) is 0.905. The quantitative estimate of drug-likeness (QED) is 0.0145. The summed E-state index contributed by atoms with van der Waals surface area (Å²) in [5.74, 6) is -1.05. The van der Waals surface area contributed by atoms with Crippen molar-refractivity contribution in [2.75, 3.05) is 225 Å².